The van der Waals surface area contributed by atoms with Crippen molar-refractivity contribution in [3.05, 3.63) is 28.8 Å². The molecule has 3 rings (SSSR count). The van der Waals surface area contributed by atoms with Crippen molar-refractivity contribution in [2.75, 3.05) is 11.5 Å². The highest BCUT2D eigenvalue weighted by molar-refractivity contribution is 6.34. The second-order valence-electron chi connectivity index (χ2n) is 7.66. The summed E-state index contributed by atoms with van der Waals surface area (Å²) in [4.78, 5) is 48.7. The van der Waals surface area contributed by atoms with Crippen molar-refractivity contribution < 1.29 is 38.1 Å². The fraction of sp³-hybridized carbons (Fsp3) is 0.524. The molecule has 0 saturated carbocycles. The van der Waals surface area contributed by atoms with Gasteiger partial charge in [-0.25, -0.2) is 4.79 Å². The molecule has 174 valence electrons. The molecule has 10 nitrogen and oxygen atoms in total. The van der Waals surface area contributed by atoms with Gasteiger partial charge >= 0.3 is 23.9 Å². The number of nitrogens with zero attached hydrogens (tertiary/aromatic N) is 1. The Bertz CT molecular complexity index is 903. The number of halogens is 1. The smallest absolute Gasteiger partial charge is 0.324 e. The van der Waals surface area contributed by atoms with Gasteiger partial charge in [-0.15, -0.1) is 0 Å². The fourth-order valence-corrected chi connectivity index (χ4v) is 4.29. The van der Waals surface area contributed by atoms with Crippen LogP contribution < -0.4 is 10.2 Å². The summed E-state index contributed by atoms with van der Waals surface area (Å²) in [5.74, 6) is -1.66. The number of para-hydroxylation sites is 1. The maximum absolute atomic E-state index is 12.8. The van der Waals surface area contributed by atoms with Crippen LogP contribution in [0.15, 0.2) is 18.2 Å². The Morgan fingerprint density at radius 1 is 1.19 bits per heavy atom. The molecule has 32 heavy (non-hydrogen) atoms. The number of benzene rings is 1. The Morgan fingerprint density at radius 2 is 1.91 bits per heavy atom. The van der Waals surface area contributed by atoms with E-state index in [1.807, 2.05) is 13.0 Å². The standard InChI is InChI=1S/C21H25ClN2O8/c1-10-6-5-7-15(22)18(10)24-20-17(23-21(24)28)19(31-13(4)27)16(32-20)8-14(30-12(3)26)9-29-11(2)25/h5-7,14,16-17,19-20H,8-9H2,1-4H3,(H,23,28)/t14-,16-,17-,19+,20+/m1/s1. The maximum Gasteiger partial charge on any atom is 0.324 e. The van der Waals surface area contributed by atoms with Gasteiger partial charge in [-0.2, -0.15) is 0 Å². The number of nitrogens with one attached hydrogen (secondary N) is 1. The number of aryl methyl sites for hydroxylation is 1. The number of rotatable bonds is 7. The van der Waals surface area contributed by atoms with Crippen LogP contribution in [0.1, 0.15) is 32.8 Å². The third-order valence-electron chi connectivity index (χ3n) is 5.14. The second-order valence-corrected chi connectivity index (χ2v) is 8.07. The van der Waals surface area contributed by atoms with Crippen molar-refractivity contribution in [2.24, 2.45) is 0 Å². The van der Waals surface area contributed by atoms with E-state index < -0.39 is 54.5 Å². The third kappa shape index (κ3) is 5.13. The van der Waals surface area contributed by atoms with Gasteiger partial charge in [0.25, 0.3) is 0 Å². The topological polar surface area (TPSA) is 120 Å². The van der Waals surface area contributed by atoms with Crippen LogP contribution in [-0.4, -0.2) is 61.1 Å². The molecule has 0 radical (unpaired) electrons. The zero-order chi connectivity index (χ0) is 23.6. The highest BCUT2D eigenvalue weighted by Crippen LogP contribution is 2.40. The molecule has 1 aromatic rings. The molecular formula is C21H25ClN2O8. The number of anilines is 1. The number of esters is 3. The van der Waals surface area contributed by atoms with Crippen LogP contribution in [0.25, 0.3) is 0 Å². The summed E-state index contributed by atoms with van der Waals surface area (Å²) in [5.41, 5.74) is 1.25. The predicted molar refractivity (Wildman–Crippen MR) is 112 cm³/mol. The molecule has 0 bridgehead atoms. The SMILES string of the molecule is CC(=O)OC[C@@H](C[C@H]1O[C@H]2[C@H](NC(=O)N2c2c(C)cccc2Cl)[C@H]1OC(C)=O)OC(C)=O. The lowest BCUT2D eigenvalue weighted by Gasteiger charge is -2.27. The van der Waals surface area contributed by atoms with Gasteiger partial charge in [0.1, 0.15) is 24.9 Å². The molecule has 0 unspecified atom stereocenters. The average Bonchev–Trinajstić information content (AvgIpc) is 3.15. The van der Waals surface area contributed by atoms with Crippen LogP contribution in [0.3, 0.4) is 0 Å². The van der Waals surface area contributed by atoms with E-state index in [2.05, 4.69) is 5.32 Å². The van der Waals surface area contributed by atoms with Crippen molar-refractivity contribution in [2.45, 2.75) is 64.7 Å². The predicted octanol–water partition coefficient (Wildman–Crippen LogP) is 2.09. The first kappa shape index (κ1) is 23.8. The zero-order valence-corrected chi connectivity index (χ0v) is 18.9. The summed E-state index contributed by atoms with van der Waals surface area (Å²) < 4.78 is 21.9. The third-order valence-corrected chi connectivity index (χ3v) is 5.44. The molecule has 0 aliphatic carbocycles. The summed E-state index contributed by atoms with van der Waals surface area (Å²) in [6, 6.07) is 4.12. The van der Waals surface area contributed by atoms with Crippen molar-refractivity contribution in [3.8, 4) is 0 Å². The number of urea groups is 1. The molecule has 0 aromatic heterocycles. The molecule has 0 spiro atoms. The molecule has 5 atom stereocenters. The Morgan fingerprint density at radius 3 is 2.50 bits per heavy atom. The second kappa shape index (κ2) is 9.74. The summed E-state index contributed by atoms with van der Waals surface area (Å²) >= 11 is 6.37. The lowest BCUT2D eigenvalue weighted by atomic mass is 10.0. The van der Waals surface area contributed by atoms with E-state index in [1.165, 1.54) is 25.7 Å². The highest BCUT2D eigenvalue weighted by Gasteiger charge is 2.56. The minimum absolute atomic E-state index is 0.0724. The molecule has 2 aliphatic rings. The van der Waals surface area contributed by atoms with Gasteiger partial charge < -0.3 is 24.3 Å². The summed E-state index contributed by atoms with van der Waals surface area (Å²) in [7, 11) is 0. The Kier molecular flexibility index (Phi) is 7.25. The van der Waals surface area contributed by atoms with Crippen molar-refractivity contribution in [3.63, 3.8) is 0 Å². The first-order valence-corrected chi connectivity index (χ1v) is 10.4. The van der Waals surface area contributed by atoms with Gasteiger partial charge in [-0.1, -0.05) is 23.7 Å². The summed E-state index contributed by atoms with van der Waals surface area (Å²) in [6.07, 6.45) is -3.18. The minimum Gasteiger partial charge on any atom is -0.462 e. The Balaban J connectivity index is 1.88. The number of carbonyl (C=O) groups excluding carboxylic acids is 4. The van der Waals surface area contributed by atoms with Gasteiger partial charge in [-0.05, 0) is 18.6 Å². The average molecular weight is 469 g/mol. The van der Waals surface area contributed by atoms with Gasteiger partial charge in [0.05, 0.1) is 10.7 Å². The normalized spacial score (nSPS) is 25.0. The van der Waals surface area contributed by atoms with Crippen LogP contribution in [0.4, 0.5) is 10.5 Å². The van der Waals surface area contributed by atoms with Crippen molar-refractivity contribution in [1.29, 1.82) is 0 Å². The molecule has 1 aromatic carbocycles. The largest absolute Gasteiger partial charge is 0.462 e. The quantitative estimate of drug-likeness (QED) is 0.477. The summed E-state index contributed by atoms with van der Waals surface area (Å²) in [5, 5.41) is 3.17. The monoisotopic (exact) mass is 468 g/mol. The number of fused-ring (bicyclic) bond motifs is 1. The number of hydrogen-bond acceptors (Lipinski definition) is 8. The molecule has 2 aliphatic heterocycles. The van der Waals surface area contributed by atoms with Crippen LogP contribution >= 0.6 is 11.6 Å². The molecule has 11 heteroatoms. The maximum atomic E-state index is 12.8. The number of ether oxygens (including phenoxy) is 4. The molecule has 2 saturated heterocycles. The van der Waals surface area contributed by atoms with Crippen molar-refractivity contribution >= 4 is 41.2 Å². The lowest BCUT2D eigenvalue weighted by molar-refractivity contribution is -0.161. The van der Waals surface area contributed by atoms with E-state index in [9.17, 15) is 19.2 Å². The Hall–Kier alpha value is -2.85. The van der Waals surface area contributed by atoms with Crippen LogP contribution in [0.2, 0.25) is 5.02 Å². The van der Waals surface area contributed by atoms with Gasteiger partial charge in [0.15, 0.2) is 12.3 Å². The minimum atomic E-state index is -0.857. The van der Waals surface area contributed by atoms with Crippen LogP contribution in [-0.2, 0) is 33.3 Å². The number of carbonyl (C=O) groups is 4. The zero-order valence-electron chi connectivity index (χ0n) is 18.1. The highest BCUT2D eigenvalue weighted by atomic mass is 35.5. The first-order valence-electron chi connectivity index (χ1n) is 10.1. The molecule has 2 heterocycles. The van der Waals surface area contributed by atoms with Crippen LogP contribution in [0, 0.1) is 6.92 Å². The van der Waals surface area contributed by atoms with Gasteiger partial charge in [0, 0.05) is 27.2 Å². The van der Waals surface area contributed by atoms with E-state index in [0.29, 0.717) is 10.7 Å². The van der Waals surface area contributed by atoms with E-state index >= 15 is 0 Å². The van der Waals surface area contributed by atoms with E-state index in [0.717, 1.165) is 5.56 Å². The first-order chi connectivity index (χ1) is 15.1. The van der Waals surface area contributed by atoms with Crippen molar-refractivity contribution in [1.82, 2.24) is 5.32 Å². The van der Waals surface area contributed by atoms with Crippen LogP contribution in [0.5, 0.6) is 0 Å². The molecular weight excluding hydrogens is 444 g/mol. The number of amides is 2. The number of hydrogen-bond donors (Lipinski definition) is 1. The summed E-state index contributed by atoms with van der Waals surface area (Å²) in [6.45, 7) is 5.35. The molecule has 2 amide bonds. The lowest BCUT2D eigenvalue weighted by Crippen LogP contribution is -2.44. The van der Waals surface area contributed by atoms with E-state index in [4.69, 9.17) is 30.5 Å². The molecule has 2 fully saturated rings. The van der Waals surface area contributed by atoms with Gasteiger partial charge in [0.2, 0.25) is 0 Å². The van der Waals surface area contributed by atoms with Gasteiger partial charge in [-0.3, -0.25) is 19.3 Å². The molecule has 1 N–H and O–H groups in total. The van der Waals surface area contributed by atoms with E-state index in [1.54, 1.807) is 12.1 Å². The Labute approximate surface area is 190 Å². The fourth-order valence-electron chi connectivity index (χ4n) is 3.98. The van der Waals surface area contributed by atoms with E-state index in [-0.39, 0.29) is 13.0 Å².